The molecule has 0 radical (unpaired) electrons. The summed E-state index contributed by atoms with van der Waals surface area (Å²) in [5, 5.41) is 0. The molecule has 9 heteroatoms. The Balaban J connectivity index is 4.86. The lowest BCUT2D eigenvalue weighted by molar-refractivity contribution is 0.234. The summed E-state index contributed by atoms with van der Waals surface area (Å²) in [7, 11) is 4.39. The van der Waals surface area contributed by atoms with Crippen LogP contribution in [-0.2, 0) is 26.6 Å². The van der Waals surface area contributed by atoms with E-state index in [1.54, 1.807) is 42.7 Å². The molecular weight excluding hydrogens is 372 g/mol. The van der Waals surface area contributed by atoms with Crippen LogP contribution in [0.3, 0.4) is 0 Å². The second-order valence-corrected chi connectivity index (χ2v) is 17.9. The molecule has 0 unspecified atom stereocenters. The van der Waals surface area contributed by atoms with Gasteiger partial charge in [-0.2, -0.15) is 0 Å². The first kappa shape index (κ1) is 25.4. The third kappa shape index (κ3) is 9.25. The predicted octanol–water partition coefficient (Wildman–Crippen LogP) is 3.87. The van der Waals surface area contributed by atoms with E-state index in [4.69, 9.17) is 26.6 Å². The van der Waals surface area contributed by atoms with Crippen molar-refractivity contribution >= 4 is 25.7 Å². The van der Waals surface area contributed by atoms with Crippen molar-refractivity contribution in [2.75, 3.05) is 42.7 Å². The Morgan fingerprint density at radius 2 is 0.680 bits per heavy atom. The lowest BCUT2D eigenvalue weighted by Crippen LogP contribution is -2.39. The third-order valence-corrected chi connectivity index (χ3v) is 14.4. The van der Waals surface area contributed by atoms with Gasteiger partial charge in [-0.1, -0.05) is 0 Å². The van der Waals surface area contributed by atoms with Crippen LogP contribution in [0.25, 0.3) is 0 Å². The summed E-state index contributed by atoms with van der Waals surface area (Å²) in [6.07, 6.45) is 3.25. The van der Waals surface area contributed by atoms with Crippen LogP contribution < -0.4 is 0 Å². The number of rotatable bonds is 15. The smallest absolute Gasteiger partial charge is 0.334 e. The van der Waals surface area contributed by atoms with Gasteiger partial charge in [0.15, 0.2) is 0 Å². The maximum atomic E-state index is 5.65. The van der Waals surface area contributed by atoms with Crippen LogP contribution in [-0.4, -0.2) is 68.3 Å². The second-order valence-electron chi connectivity index (χ2n) is 7.11. The average molecular weight is 413 g/mol. The van der Waals surface area contributed by atoms with E-state index in [0.29, 0.717) is 5.92 Å². The van der Waals surface area contributed by atoms with Gasteiger partial charge in [-0.15, -0.1) is 0 Å². The zero-order chi connectivity index (χ0) is 19.6. The van der Waals surface area contributed by atoms with E-state index in [0.717, 1.165) is 37.4 Å². The molecule has 0 saturated carbocycles. The van der Waals surface area contributed by atoms with Gasteiger partial charge in [-0.3, -0.25) is 0 Å². The standard InChI is InChI=1S/C16H40O6Si3/c1-17-23(7,18-2)13-10-16(11-14-24(8,19-3)20-4)12-15-25(9,21-5)22-6/h16H,10-15H2,1-9H3. The summed E-state index contributed by atoms with van der Waals surface area (Å²) < 4.78 is 33.9. The summed E-state index contributed by atoms with van der Waals surface area (Å²) in [5.41, 5.74) is 0. The molecule has 0 atom stereocenters. The highest BCUT2D eigenvalue weighted by atomic mass is 28.4. The Bertz CT molecular complexity index is 294. The third-order valence-electron chi connectivity index (χ3n) is 5.61. The fourth-order valence-corrected chi connectivity index (χ4v) is 7.22. The lowest BCUT2D eigenvalue weighted by Gasteiger charge is -2.30. The first-order chi connectivity index (χ1) is 11.6. The Kier molecular flexibility index (Phi) is 12.2. The van der Waals surface area contributed by atoms with Gasteiger partial charge in [0.25, 0.3) is 0 Å². The normalized spacial score (nSPS) is 13.7. The molecule has 0 fully saturated rings. The maximum Gasteiger partial charge on any atom is 0.334 e. The van der Waals surface area contributed by atoms with Crippen molar-refractivity contribution in [1.82, 2.24) is 0 Å². The van der Waals surface area contributed by atoms with Crippen LogP contribution in [0.5, 0.6) is 0 Å². The molecule has 0 spiro atoms. The van der Waals surface area contributed by atoms with E-state index >= 15 is 0 Å². The molecular formula is C16H40O6Si3. The minimum absolute atomic E-state index is 0.561. The van der Waals surface area contributed by atoms with Gasteiger partial charge in [0, 0.05) is 42.7 Å². The van der Waals surface area contributed by atoms with Crippen molar-refractivity contribution in [3.63, 3.8) is 0 Å². The Morgan fingerprint density at radius 3 is 0.840 bits per heavy atom. The molecule has 0 aromatic heterocycles. The van der Waals surface area contributed by atoms with Crippen LogP contribution in [0, 0.1) is 5.92 Å². The van der Waals surface area contributed by atoms with Crippen molar-refractivity contribution in [3.05, 3.63) is 0 Å². The molecule has 6 nitrogen and oxygen atoms in total. The van der Waals surface area contributed by atoms with Crippen LogP contribution in [0.4, 0.5) is 0 Å². The van der Waals surface area contributed by atoms with Gasteiger partial charge < -0.3 is 26.6 Å². The number of hydrogen-bond donors (Lipinski definition) is 0. The largest absolute Gasteiger partial charge is 0.398 e. The Morgan fingerprint density at radius 1 is 0.480 bits per heavy atom. The molecule has 0 aliphatic heterocycles. The molecule has 0 amide bonds. The van der Waals surface area contributed by atoms with Crippen molar-refractivity contribution in [1.29, 1.82) is 0 Å². The van der Waals surface area contributed by atoms with Crippen LogP contribution >= 0.6 is 0 Å². The summed E-state index contributed by atoms with van der Waals surface area (Å²) in [5.74, 6) is 0.561. The topological polar surface area (TPSA) is 55.4 Å². The van der Waals surface area contributed by atoms with E-state index in [1.165, 1.54) is 0 Å². The average Bonchev–Trinajstić information content (AvgIpc) is 2.66. The van der Waals surface area contributed by atoms with Crippen molar-refractivity contribution in [2.45, 2.75) is 57.0 Å². The van der Waals surface area contributed by atoms with Crippen LogP contribution in [0.1, 0.15) is 19.3 Å². The fourth-order valence-electron chi connectivity index (χ4n) is 2.69. The highest BCUT2D eigenvalue weighted by molar-refractivity contribution is 6.66. The van der Waals surface area contributed by atoms with Gasteiger partial charge in [0.2, 0.25) is 0 Å². The highest BCUT2D eigenvalue weighted by Crippen LogP contribution is 2.30. The van der Waals surface area contributed by atoms with E-state index in [1.807, 2.05) is 0 Å². The number of hydrogen-bond acceptors (Lipinski definition) is 6. The highest BCUT2D eigenvalue weighted by Gasteiger charge is 2.35. The van der Waals surface area contributed by atoms with Crippen molar-refractivity contribution < 1.29 is 26.6 Å². The molecule has 0 bridgehead atoms. The van der Waals surface area contributed by atoms with Crippen LogP contribution in [0.2, 0.25) is 37.8 Å². The molecule has 25 heavy (non-hydrogen) atoms. The fraction of sp³-hybridized carbons (Fsp3) is 1.00. The van der Waals surface area contributed by atoms with E-state index in [-0.39, 0.29) is 0 Å². The summed E-state index contributed by atoms with van der Waals surface area (Å²) in [6.45, 7) is 6.36. The van der Waals surface area contributed by atoms with Gasteiger partial charge >= 0.3 is 25.7 Å². The van der Waals surface area contributed by atoms with E-state index < -0.39 is 25.7 Å². The summed E-state index contributed by atoms with van der Waals surface area (Å²) >= 11 is 0. The van der Waals surface area contributed by atoms with E-state index in [9.17, 15) is 0 Å². The molecule has 0 N–H and O–H groups in total. The molecule has 0 saturated heterocycles. The summed E-state index contributed by atoms with van der Waals surface area (Å²) in [4.78, 5) is 0. The van der Waals surface area contributed by atoms with Gasteiger partial charge in [-0.05, 0) is 63.0 Å². The zero-order valence-corrected chi connectivity index (χ0v) is 20.8. The van der Waals surface area contributed by atoms with Crippen molar-refractivity contribution in [2.24, 2.45) is 5.92 Å². The maximum absolute atomic E-state index is 5.65. The van der Waals surface area contributed by atoms with Gasteiger partial charge in [0.05, 0.1) is 0 Å². The van der Waals surface area contributed by atoms with Crippen molar-refractivity contribution in [3.8, 4) is 0 Å². The minimum atomic E-state index is -2.05. The Labute approximate surface area is 158 Å². The first-order valence-electron chi connectivity index (χ1n) is 8.96. The van der Waals surface area contributed by atoms with Gasteiger partial charge in [-0.25, -0.2) is 0 Å². The minimum Gasteiger partial charge on any atom is -0.398 e. The van der Waals surface area contributed by atoms with Gasteiger partial charge in [0.1, 0.15) is 0 Å². The molecule has 0 aromatic rings. The first-order valence-corrected chi connectivity index (χ1v) is 16.5. The SMILES string of the molecule is CO[Si](C)(CCC(CC[Si](C)(OC)OC)CC[Si](C)(OC)OC)OC. The zero-order valence-electron chi connectivity index (χ0n) is 17.8. The monoisotopic (exact) mass is 412 g/mol. The van der Waals surface area contributed by atoms with Crippen LogP contribution in [0.15, 0.2) is 0 Å². The lowest BCUT2D eigenvalue weighted by atomic mass is 10.0. The molecule has 152 valence electrons. The Hall–Kier alpha value is 0.411. The second kappa shape index (κ2) is 12.0. The predicted molar refractivity (Wildman–Crippen MR) is 109 cm³/mol. The molecule has 0 aliphatic rings. The molecule has 0 heterocycles. The quantitative estimate of drug-likeness (QED) is 0.381. The summed E-state index contributed by atoms with van der Waals surface area (Å²) in [6, 6.07) is 2.96. The van der Waals surface area contributed by atoms with E-state index in [2.05, 4.69) is 19.6 Å². The molecule has 0 rings (SSSR count). The molecule has 0 aromatic carbocycles. The molecule has 0 aliphatic carbocycles.